The Balaban J connectivity index is 1.51. The highest BCUT2D eigenvalue weighted by atomic mass is 16.1. The molecule has 0 radical (unpaired) electrons. The van der Waals surface area contributed by atoms with Gasteiger partial charge in [0.25, 0.3) is 0 Å². The molecule has 0 bridgehead atoms. The van der Waals surface area contributed by atoms with Crippen molar-refractivity contribution in [2.24, 2.45) is 0 Å². The molecule has 30 heavy (non-hydrogen) atoms. The number of ketones is 2. The minimum atomic E-state index is -0.382. The number of carbonyl (C=O) groups is 2. The molecule has 2 aromatic heterocycles. The van der Waals surface area contributed by atoms with Crippen LogP contribution in [0.5, 0.6) is 0 Å². The molecule has 148 valence electrons. The minimum absolute atomic E-state index is 0.0490. The molecule has 0 atom stereocenters. The largest absolute Gasteiger partial charge is 0.285 e. The highest BCUT2D eigenvalue weighted by Crippen LogP contribution is 2.25. The summed E-state index contributed by atoms with van der Waals surface area (Å²) in [5.74, 6) is -0.763. The number of aromatic nitrogens is 6. The van der Waals surface area contributed by atoms with E-state index in [2.05, 4.69) is 20.6 Å². The lowest BCUT2D eigenvalue weighted by Crippen LogP contribution is -2.26. The minimum Gasteiger partial charge on any atom is -0.285 e. The number of hydrogen-bond donors (Lipinski definition) is 0. The smallest absolute Gasteiger partial charge is 0.236 e. The first-order valence-electron chi connectivity index (χ1n) is 9.58. The molecule has 8 heteroatoms. The molecule has 0 aliphatic heterocycles. The maximum Gasteiger partial charge on any atom is 0.236 e. The van der Waals surface area contributed by atoms with Gasteiger partial charge < -0.3 is 0 Å². The number of aryl methyl sites for hydroxylation is 2. The average molecular weight is 398 g/mol. The van der Waals surface area contributed by atoms with Crippen molar-refractivity contribution in [2.45, 2.75) is 26.9 Å². The van der Waals surface area contributed by atoms with Gasteiger partial charge in [0, 0.05) is 0 Å². The second-order valence-electron chi connectivity index (χ2n) is 7.52. The Morgan fingerprint density at radius 2 is 1.13 bits per heavy atom. The van der Waals surface area contributed by atoms with Crippen LogP contribution in [0.4, 0.5) is 0 Å². The number of hydrogen-bond acceptors (Lipinski definition) is 6. The maximum absolute atomic E-state index is 13.1. The third-order valence-corrected chi connectivity index (χ3v) is 5.16. The van der Waals surface area contributed by atoms with E-state index in [1.807, 2.05) is 62.4 Å². The molecule has 0 saturated carbocycles. The van der Waals surface area contributed by atoms with Gasteiger partial charge in [0.1, 0.15) is 11.4 Å². The normalized spacial score (nSPS) is 12.7. The van der Waals surface area contributed by atoms with Crippen molar-refractivity contribution in [1.29, 1.82) is 0 Å². The van der Waals surface area contributed by atoms with E-state index in [1.165, 1.54) is 9.36 Å². The quantitative estimate of drug-likeness (QED) is 0.461. The van der Waals surface area contributed by atoms with Crippen LogP contribution in [0, 0.1) is 13.8 Å². The Morgan fingerprint density at radius 3 is 1.53 bits per heavy atom. The lowest BCUT2D eigenvalue weighted by molar-refractivity contribution is 0.0963. The first kappa shape index (κ1) is 18.1. The summed E-state index contributed by atoms with van der Waals surface area (Å²) in [4.78, 5) is 26.3. The molecule has 0 amide bonds. The summed E-state index contributed by atoms with van der Waals surface area (Å²) in [5.41, 5.74) is 4.57. The Bertz CT molecular complexity index is 1220. The standard InChI is InChI=1S/C22H18N6O2/c1-13-5-3-7-15(9-13)11-27-19-17(23-25-27)22(30)20-18(21(19)29)24-26-28(20)12-16-8-4-6-14(2)10-16/h3-10H,11-12H2,1-2H3. The zero-order valence-corrected chi connectivity index (χ0v) is 16.5. The van der Waals surface area contributed by atoms with E-state index in [1.54, 1.807) is 0 Å². The van der Waals surface area contributed by atoms with Gasteiger partial charge in [-0.05, 0) is 25.0 Å². The van der Waals surface area contributed by atoms with Gasteiger partial charge in [0.2, 0.25) is 11.6 Å². The van der Waals surface area contributed by atoms with Gasteiger partial charge in [0.15, 0.2) is 11.4 Å². The Hall–Kier alpha value is -3.94. The third-order valence-electron chi connectivity index (χ3n) is 5.16. The van der Waals surface area contributed by atoms with Crippen LogP contribution in [0.15, 0.2) is 48.5 Å². The van der Waals surface area contributed by atoms with E-state index >= 15 is 0 Å². The summed E-state index contributed by atoms with van der Waals surface area (Å²) in [5, 5.41) is 16.2. The predicted molar refractivity (Wildman–Crippen MR) is 107 cm³/mol. The van der Waals surface area contributed by atoms with Crippen LogP contribution in [0.3, 0.4) is 0 Å². The topological polar surface area (TPSA) is 95.6 Å². The van der Waals surface area contributed by atoms with Gasteiger partial charge >= 0.3 is 0 Å². The number of carbonyl (C=O) groups excluding carboxylic acids is 2. The second kappa shape index (κ2) is 6.84. The predicted octanol–water partition coefficient (Wildman–Crippen LogP) is 2.36. The monoisotopic (exact) mass is 398 g/mol. The van der Waals surface area contributed by atoms with E-state index < -0.39 is 0 Å². The van der Waals surface area contributed by atoms with Gasteiger partial charge in [-0.1, -0.05) is 70.1 Å². The van der Waals surface area contributed by atoms with Crippen LogP contribution in [0.1, 0.15) is 54.6 Å². The fourth-order valence-electron chi connectivity index (χ4n) is 3.79. The van der Waals surface area contributed by atoms with Gasteiger partial charge in [-0.2, -0.15) is 0 Å². The van der Waals surface area contributed by atoms with E-state index in [-0.39, 0.29) is 34.3 Å². The van der Waals surface area contributed by atoms with Crippen molar-refractivity contribution in [1.82, 2.24) is 30.0 Å². The van der Waals surface area contributed by atoms with Crippen LogP contribution in [0.2, 0.25) is 0 Å². The van der Waals surface area contributed by atoms with E-state index in [0.717, 1.165) is 22.3 Å². The van der Waals surface area contributed by atoms with Crippen molar-refractivity contribution in [2.75, 3.05) is 0 Å². The SMILES string of the molecule is Cc1cccc(Cn2nnc3c2C(=O)c2nnn(Cc4cccc(C)c4)c2C3=O)c1. The Labute approximate surface area is 172 Å². The Kier molecular flexibility index (Phi) is 4.13. The fourth-order valence-corrected chi connectivity index (χ4v) is 3.79. The van der Waals surface area contributed by atoms with E-state index in [0.29, 0.717) is 13.1 Å². The summed E-state index contributed by atoms with van der Waals surface area (Å²) in [7, 11) is 0. The van der Waals surface area contributed by atoms with Crippen molar-refractivity contribution < 1.29 is 9.59 Å². The molecule has 0 N–H and O–H groups in total. The molecular weight excluding hydrogens is 380 g/mol. The van der Waals surface area contributed by atoms with Gasteiger partial charge in [-0.25, -0.2) is 9.36 Å². The molecule has 4 aromatic rings. The summed E-state index contributed by atoms with van der Waals surface area (Å²) >= 11 is 0. The highest BCUT2D eigenvalue weighted by Gasteiger charge is 2.39. The zero-order valence-electron chi connectivity index (χ0n) is 16.5. The molecule has 0 fully saturated rings. The molecule has 1 aliphatic carbocycles. The maximum atomic E-state index is 13.1. The van der Waals surface area contributed by atoms with E-state index in [9.17, 15) is 9.59 Å². The van der Waals surface area contributed by atoms with Crippen molar-refractivity contribution in [3.8, 4) is 0 Å². The molecular formula is C22H18N6O2. The van der Waals surface area contributed by atoms with Crippen LogP contribution in [0.25, 0.3) is 0 Å². The number of nitrogens with zero attached hydrogens (tertiary/aromatic N) is 6. The van der Waals surface area contributed by atoms with Crippen LogP contribution < -0.4 is 0 Å². The van der Waals surface area contributed by atoms with Crippen LogP contribution in [-0.4, -0.2) is 41.6 Å². The van der Waals surface area contributed by atoms with Gasteiger partial charge in [0.05, 0.1) is 13.1 Å². The zero-order chi connectivity index (χ0) is 20.8. The average Bonchev–Trinajstić information content (AvgIpc) is 3.32. The summed E-state index contributed by atoms with van der Waals surface area (Å²) in [6.45, 7) is 4.67. The summed E-state index contributed by atoms with van der Waals surface area (Å²) < 4.78 is 2.93. The van der Waals surface area contributed by atoms with E-state index in [4.69, 9.17) is 0 Å². The molecule has 0 spiro atoms. The molecule has 0 saturated heterocycles. The van der Waals surface area contributed by atoms with Crippen molar-refractivity contribution in [3.05, 3.63) is 93.6 Å². The second-order valence-corrected chi connectivity index (χ2v) is 7.52. The molecule has 8 nitrogen and oxygen atoms in total. The first-order valence-corrected chi connectivity index (χ1v) is 9.58. The summed E-state index contributed by atoms with van der Waals surface area (Å²) in [6, 6.07) is 15.8. The lowest BCUT2D eigenvalue weighted by Gasteiger charge is -2.12. The van der Waals surface area contributed by atoms with Crippen molar-refractivity contribution >= 4 is 11.6 Å². The molecule has 2 heterocycles. The third kappa shape index (κ3) is 2.93. The van der Waals surface area contributed by atoms with Crippen LogP contribution >= 0.6 is 0 Å². The fraction of sp³-hybridized carbons (Fsp3) is 0.182. The van der Waals surface area contributed by atoms with Crippen LogP contribution in [-0.2, 0) is 13.1 Å². The van der Waals surface area contributed by atoms with Gasteiger partial charge in [-0.15, -0.1) is 10.2 Å². The number of benzene rings is 2. The molecule has 1 aliphatic rings. The first-order chi connectivity index (χ1) is 14.5. The van der Waals surface area contributed by atoms with Gasteiger partial charge in [-0.3, -0.25) is 9.59 Å². The number of fused-ring (bicyclic) bond motifs is 2. The highest BCUT2D eigenvalue weighted by molar-refractivity contribution is 6.25. The molecule has 0 unspecified atom stereocenters. The summed E-state index contributed by atoms with van der Waals surface area (Å²) in [6.07, 6.45) is 0. The number of rotatable bonds is 4. The molecule has 5 rings (SSSR count). The van der Waals surface area contributed by atoms with Crippen molar-refractivity contribution in [3.63, 3.8) is 0 Å². The molecule has 2 aromatic carbocycles. The Morgan fingerprint density at radius 1 is 0.700 bits per heavy atom. The lowest BCUT2D eigenvalue weighted by atomic mass is 9.98.